The predicted molar refractivity (Wildman–Crippen MR) is 107 cm³/mol. The van der Waals surface area contributed by atoms with Crippen LogP contribution in [0.5, 0.6) is 17.2 Å². The molecule has 0 fully saturated rings. The van der Waals surface area contributed by atoms with Crippen molar-refractivity contribution < 1.29 is 27.4 Å². The Balaban J connectivity index is 1.60. The maximum atomic E-state index is 12.6. The largest absolute Gasteiger partial charge is 0.494 e. The fourth-order valence-corrected chi connectivity index (χ4v) is 4.14. The molecule has 0 saturated carbocycles. The summed E-state index contributed by atoms with van der Waals surface area (Å²) in [6.07, 6.45) is 0. The van der Waals surface area contributed by atoms with Gasteiger partial charge in [0.05, 0.1) is 17.5 Å². The van der Waals surface area contributed by atoms with Crippen molar-refractivity contribution >= 4 is 15.9 Å². The summed E-state index contributed by atoms with van der Waals surface area (Å²) in [6, 6.07) is 9.00. The first-order valence-corrected chi connectivity index (χ1v) is 10.7. The summed E-state index contributed by atoms with van der Waals surface area (Å²) in [5, 5.41) is 2.72. The number of ether oxygens (including phenoxy) is 3. The number of hydrogen-bond donors (Lipinski definition) is 2. The van der Waals surface area contributed by atoms with Gasteiger partial charge in [-0.3, -0.25) is 4.79 Å². The molecule has 1 unspecified atom stereocenters. The number of amides is 1. The summed E-state index contributed by atoms with van der Waals surface area (Å²) >= 11 is 0. The molecule has 1 aliphatic rings. The minimum atomic E-state index is -3.85. The molecule has 3 rings (SSSR count). The number of hydrogen-bond acceptors (Lipinski definition) is 6. The lowest BCUT2D eigenvalue weighted by Gasteiger charge is -2.15. The first-order valence-electron chi connectivity index (χ1n) is 9.22. The van der Waals surface area contributed by atoms with Gasteiger partial charge in [0.25, 0.3) is 0 Å². The van der Waals surface area contributed by atoms with Crippen LogP contribution in [0.4, 0.5) is 0 Å². The second-order valence-corrected chi connectivity index (χ2v) is 8.32. The number of benzene rings is 2. The van der Waals surface area contributed by atoms with Crippen molar-refractivity contribution in [2.45, 2.75) is 38.3 Å². The highest BCUT2D eigenvalue weighted by atomic mass is 32.2. The molecule has 156 valence electrons. The van der Waals surface area contributed by atoms with Crippen molar-refractivity contribution in [3.63, 3.8) is 0 Å². The Morgan fingerprint density at radius 3 is 2.66 bits per heavy atom. The third-order valence-corrected chi connectivity index (χ3v) is 5.92. The number of carbonyl (C=O) groups excluding carboxylic acids is 1. The molecule has 2 N–H and O–H groups in total. The molecule has 1 aliphatic heterocycles. The first kappa shape index (κ1) is 20.9. The van der Waals surface area contributed by atoms with Gasteiger partial charge in [-0.1, -0.05) is 6.07 Å². The molecule has 1 amide bonds. The minimum Gasteiger partial charge on any atom is -0.494 e. The van der Waals surface area contributed by atoms with Crippen molar-refractivity contribution in [3.05, 3.63) is 47.5 Å². The molecule has 0 spiro atoms. The molecular formula is C20H24N2O6S. The van der Waals surface area contributed by atoms with Crippen molar-refractivity contribution in [1.29, 1.82) is 0 Å². The molecule has 9 heteroatoms. The van der Waals surface area contributed by atoms with Gasteiger partial charge in [-0.05, 0) is 62.2 Å². The number of rotatable bonds is 8. The summed E-state index contributed by atoms with van der Waals surface area (Å²) in [5.74, 6) is 1.47. The SMILES string of the molecule is CCOc1ccc(S(=O)(=O)NC(C)C(=O)NCc2ccc3c(c2)OCO3)cc1C. The Kier molecular flexibility index (Phi) is 6.29. The molecule has 29 heavy (non-hydrogen) atoms. The summed E-state index contributed by atoms with van der Waals surface area (Å²) in [4.78, 5) is 12.4. The molecule has 2 aromatic rings. The summed E-state index contributed by atoms with van der Waals surface area (Å²) in [6.45, 7) is 6.03. The van der Waals surface area contributed by atoms with Gasteiger partial charge < -0.3 is 19.5 Å². The smallest absolute Gasteiger partial charge is 0.241 e. The Hall–Kier alpha value is -2.78. The van der Waals surface area contributed by atoms with Gasteiger partial charge in [0.2, 0.25) is 22.7 Å². The van der Waals surface area contributed by atoms with Gasteiger partial charge >= 0.3 is 0 Å². The Bertz CT molecular complexity index is 1010. The number of nitrogens with one attached hydrogen (secondary N) is 2. The normalized spacial score (nSPS) is 13.8. The second kappa shape index (κ2) is 8.71. The molecule has 0 bridgehead atoms. The Morgan fingerprint density at radius 1 is 1.17 bits per heavy atom. The van der Waals surface area contributed by atoms with Crippen LogP contribution in [0.3, 0.4) is 0 Å². The predicted octanol–water partition coefficient (Wildman–Crippen LogP) is 2.11. The van der Waals surface area contributed by atoms with Crippen molar-refractivity contribution in [2.75, 3.05) is 13.4 Å². The van der Waals surface area contributed by atoms with Gasteiger partial charge in [-0.25, -0.2) is 8.42 Å². The van der Waals surface area contributed by atoms with E-state index in [1.807, 2.05) is 13.0 Å². The highest BCUT2D eigenvalue weighted by molar-refractivity contribution is 7.89. The number of aryl methyl sites for hydroxylation is 1. The van der Waals surface area contributed by atoms with Crippen LogP contribution >= 0.6 is 0 Å². The monoisotopic (exact) mass is 420 g/mol. The topological polar surface area (TPSA) is 103 Å². The van der Waals surface area contributed by atoms with E-state index < -0.39 is 22.0 Å². The fourth-order valence-electron chi connectivity index (χ4n) is 2.85. The van der Waals surface area contributed by atoms with Crippen LogP contribution in [0.25, 0.3) is 0 Å². The average Bonchev–Trinajstić information content (AvgIpc) is 3.15. The van der Waals surface area contributed by atoms with Gasteiger partial charge in [-0.15, -0.1) is 0 Å². The van der Waals surface area contributed by atoms with Crippen LogP contribution in [0, 0.1) is 6.92 Å². The van der Waals surface area contributed by atoms with Gasteiger partial charge in [0.1, 0.15) is 5.75 Å². The zero-order chi connectivity index (χ0) is 21.0. The van der Waals surface area contributed by atoms with Crippen LogP contribution in [0.15, 0.2) is 41.3 Å². The zero-order valence-corrected chi connectivity index (χ0v) is 17.3. The molecule has 0 saturated heterocycles. The number of carbonyl (C=O) groups is 1. The van der Waals surface area contributed by atoms with Gasteiger partial charge in [0.15, 0.2) is 11.5 Å². The van der Waals surface area contributed by atoms with Crippen molar-refractivity contribution in [1.82, 2.24) is 10.0 Å². The molecule has 2 aromatic carbocycles. The second-order valence-electron chi connectivity index (χ2n) is 6.61. The lowest BCUT2D eigenvalue weighted by Crippen LogP contribution is -2.44. The van der Waals surface area contributed by atoms with E-state index in [4.69, 9.17) is 14.2 Å². The van der Waals surface area contributed by atoms with Crippen LogP contribution in [-0.4, -0.2) is 33.8 Å². The van der Waals surface area contributed by atoms with Crippen molar-refractivity contribution in [3.8, 4) is 17.2 Å². The van der Waals surface area contributed by atoms with Crippen LogP contribution in [0.2, 0.25) is 0 Å². The van der Waals surface area contributed by atoms with E-state index in [9.17, 15) is 13.2 Å². The van der Waals surface area contributed by atoms with E-state index >= 15 is 0 Å². The quantitative estimate of drug-likeness (QED) is 0.678. The standard InChI is InChI=1S/C20H24N2O6S/c1-4-26-17-8-6-16(9-13(17)2)29(24,25)22-14(3)20(23)21-11-15-5-7-18-19(10-15)28-12-27-18/h5-10,14,22H,4,11-12H2,1-3H3,(H,21,23). The molecule has 0 radical (unpaired) electrons. The van der Waals surface area contributed by atoms with E-state index in [2.05, 4.69) is 10.0 Å². The van der Waals surface area contributed by atoms with Gasteiger partial charge in [0, 0.05) is 6.54 Å². The summed E-state index contributed by atoms with van der Waals surface area (Å²) in [5.41, 5.74) is 1.52. The number of fused-ring (bicyclic) bond motifs is 1. The molecule has 0 aromatic heterocycles. The van der Waals surface area contributed by atoms with Crippen LogP contribution in [0.1, 0.15) is 25.0 Å². The van der Waals surface area contributed by atoms with Crippen LogP contribution < -0.4 is 24.2 Å². The fraction of sp³-hybridized carbons (Fsp3) is 0.350. The van der Waals surface area contributed by atoms with E-state index in [1.165, 1.54) is 19.1 Å². The lowest BCUT2D eigenvalue weighted by atomic mass is 10.2. The highest BCUT2D eigenvalue weighted by Gasteiger charge is 2.23. The van der Waals surface area contributed by atoms with Gasteiger partial charge in [-0.2, -0.15) is 4.72 Å². The first-order chi connectivity index (χ1) is 13.8. The molecule has 1 atom stereocenters. The third-order valence-electron chi connectivity index (χ3n) is 4.39. The van der Waals surface area contributed by atoms with E-state index in [-0.39, 0.29) is 18.2 Å². The summed E-state index contributed by atoms with van der Waals surface area (Å²) in [7, 11) is -3.85. The molecule has 1 heterocycles. The van der Waals surface area contributed by atoms with E-state index in [0.29, 0.717) is 29.4 Å². The minimum absolute atomic E-state index is 0.0777. The van der Waals surface area contributed by atoms with E-state index in [1.54, 1.807) is 25.1 Å². The van der Waals surface area contributed by atoms with Crippen LogP contribution in [-0.2, 0) is 21.4 Å². The average molecular weight is 420 g/mol. The Morgan fingerprint density at radius 2 is 1.93 bits per heavy atom. The molecular weight excluding hydrogens is 396 g/mol. The van der Waals surface area contributed by atoms with E-state index in [0.717, 1.165) is 5.56 Å². The molecule has 0 aliphatic carbocycles. The Labute approximate surface area is 170 Å². The zero-order valence-electron chi connectivity index (χ0n) is 16.5. The highest BCUT2D eigenvalue weighted by Crippen LogP contribution is 2.32. The molecule has 8 nitrogen and oxygen atoms in total. The lowest BCUT2D eigenvalue weighted by molar-refractivity contribution is -0.122. The maximum absolute atomic E-state index is 12.6. The number of sulfonamides is 1. The third kappa shape index (κ3) is 4.99. The maximum Gasteiger partial charge on any atom is 0.241 e. The van der Waals surface area contributed by atoms with Crippen molar-refractivity contribution in [2.24, 2.45) is 0 Å². The summed E-state index contributed by atoms with van der Waals surface area (Å²) < 4.78 is 43.6.